The van der Waals surface area contributed by atoms with Gasteiger partial charge in [0.1, 0.15) is 0 Å². The molecule has 1 heterocycles. The van der Waals surface area contributed by atoms with E-state index in [4.69, 9.17) is 0 Å². The molecule has 0 unspecified atom stereocenters. The summed E-state index contributed by atoms with van der Waals surface area (Å²) in [4.78, 5) is 15.9. The zero-order valence-electron chi connectivity index (χ0n) is 9.42. The molecule has 0 fully saturated rings. The van der Waals surface area contributed by atoms with Crippen LogP contribution in [0.25, 0.3) is 0 Å². The number of rotatable bonds is 5. The third-order valence-corrected chi connectivity index (χ3v) is 2.36. The maximum Gasteiger partial charge on any atom is 0.163 e. The van der Waals surface area contributed by atoms with E-state index in [1.54, 1.807) is 18.5 Å². The van der Waals surface area contributed by atoms with Crippen molar-refractivity contribution in [3.63, 3.8) is 0 Å². The number of ketones is 1. The van der Waals surface area contributed by atoms with E-state index in [2.05, 4.69) is 11.6 Å². The van der Waals surface area contributed by atoms with E-state index in [1.807, 2.05) is 13.8 Å². The number of Topliss-reactive ketones (excluding diaryl/α,β-unsaturated/α-hetero) is 1. The number of aromatic nitrogens is 1. The highest BCUT2D eigenvalue weighted by atomic mass is 16.1. The van der Waals surface area contributed by atoms with Crippen LogP contribution < -0.4 is 0 Å². The molecule has 2 nitrogen and oxygen atoms in total. The van der Waals surface area contributed by atoms with Gasteiger partial charge in [-0.05, 0) is 31.4 Å². The van der Waals surface area contributed by atoms with Crippen LogP contribution in [0, 0.1) is 0 Å². The molecule has 0 aromatic carbocycles. The lowest BCUT2D eigenvalue weighted by atomic mass is 10.00. The SMILES string of the molecule is C=C(C)CCC(=O)c1ccncc1CC. The predicted octanol–water partition coefficient (Wildman–Crippen LogP) is 3.18. The Morgan fingerprint density at radius 2 is 2.20 bits per heavy atom. The summed E-state index contributed by atoms with van der Waals surface area (Å²) in [5.41, 5.74) is 2.90. The van der Waals surface area contributed by atoms with E-state index < -0.39 is 0 Å². The summed E-state index contributed by atoms with van der Waals surface area (Å²) >= 11 is 0. The van der Waals surface area contributed by atoms with Gasteiger partial charge in [0.25, 0.3) is 0 Å². The highest BCUT2D eigenvalue weighted by Gasteiger charge is 2.09. The summed E-state index contributed by atoms with van der Waals surface area (Å²) in [7, 11) is 0. The minimum absolute atomic E-state index is 0.192. The lowest BCUT2D eigenvalue weighted by molar-refractivity contribution is 0.0982. The topological polar surface area (TPSA) is 30.0 Å². The molecule has 0 N–H and O–H groups in total. The summed E-state index contributed by atoms with van der Waals surface area (Å²) in [6.45, 7) is 7.78. The number of aryl methyl sites for hydroxylation is 1. The van der Waals surface area contributed by atoms with Crippen LogP contribution in [0.5, 0.6) is 0 Å². The summed E-state index contributed by atoms with van der Waals surface area (Å²) < 4.78 is 0. The molecule has 0 saturated heterocycles. The fraction of sp³-hybridized carbons (Fsp3) is 0.385. The monoisotopic (exact) mass is 203 g/mol. The summed E-state index contributed by atoms with van der Waals surface area (Å²) in [6.07, 6.45) is 5.61. The molecule has 15 heavy (non-hydrogen) atoms. The molecule has 2 heteroatoms. The van der Waals surface area contributed by atoms with E-state index in [1.165, 1.54) is 0 Å². The second-order valence-corrected chi connectivity index (χ2v) is 3.77. The normalized spacial score (nSPS) is 10.0. The fourth-order valence-electron chi connectivity index (χ4n) is 1.44. The van der Waals surface area contributed by atoms with E-state index in [0.29, 0.717) is 6.42 Å². The Morgan fingerprint density at radius 3 is 2.80 bits per heavy atom. The quantitative estimate of drug-likeness (QED) is 0.543. The van der Waals surface area contributed by atoms with E-state index in [0.717, 1.165) is 29.5 Å². The van der Waals surface area contributed by atoms with Crippen molar-refractivity contribution in [2.75, 3.05) is 0 Å². The molecule has 1 rings (SSSR count). The first-order valence-corrected chi connectivity index (χ1v) is 5.25. The smallest absolute Gasteiger partial charge is 0.163 e. The average Bonchev–Trinajstić information content (AvgIpc) is 2.25. The average molecular weight is 203 g/mol. The van der Waals surface area contributed by atoms with Crippen LogP contribution in [-0.2, 0) is 6.42 Å². The standard InChI is InChI=1S/C13H17NO/c1-4-11-9-14-8-7-12(11)13(15)6-5-10(2)3/h7-9H,2,4-6H2,1,3H3. The Bertz CT molecular complexity index is 369. The highest BCUT2D eigenvalue weighted by Crippen LogP contribution is 2.13. The summed E-state index contributed by atoms with van der Waals surface area (Å²) in [6, 6.07) is 1.81. The van der Waals surface area contributed by atoms with Gasteiger partial charge in [0, 0.05) is 24.4 Å². The predicted molar refractivity (Wildman–Crippen MR) is 62.0 cm³/mol. The van der Waals surface area contributed by atoms with Crippen LogP contribution in [0.1, 0.15) is 42.6 Å². The van der Waals surface area contributed by atoms with Gasteiger partial charge in [-0.2, -0.15) is 0 Å². The summed E-state index contributed by atoms with van der Waals surface area (Å²) in [5, 5.41) is 0. The number of carbonyl (C=O) groups is 1. The Kier molecular flexibility index (Phi) is 4.22. The molecule has 0 radical (unpaired) electrons. The van der Waals surface area contributed by atoms with E-state index in [-0.39, 0.29) is 5.78 Å². The van der Waals surface area contributed by atoms with Gasteiger partial charge in [-0.1, -0.05) is 12.5 Å². The number of hydrogen-bond acceptors (Lipinski definition) is 2. The molecule has 0 bridgehead atoms. The van der Waals surface area contributed by atoms with Gasteiger partial charge in [0.15, 0.2) is 5.78 Å². The molecule has 0 atom stereocenters. The molecular weight excluding hydrogens is 186 g/mol. The number of hydrogen-bond donors (Lipinski definition) is 0. The van der Waals surface area contributed by atoms with Crippen molar-refractivity contribution < 1.29 is 4.79 Å². The molecule has 0 aliphatic carbocycles. The Hall–Kier alpha value is -1.44. The van der Waals surface area contributed by atoms with E-state index in [9.17, 15) is 4.79 Å². The largest absolute Gasteiger partial charge is 0.294 e. The van der Waals surface area contributed by atoms with Crippen molar-refractivity contribution in [1.29, 1.82) is 0 Å². The first kappa shape index (κ1) is 11.6. The van der Waals surface area contributed by atoms with Crippen molar-refractivity contribution in [3.8, 4) is 0 Å². The second kappa shape index (κ2) is 5.44. The van der Waals surface area contributed by atoms with Gasteiger partial charge in [-0.25, -0.2) is 0 Å². The number of pyridine rings is 1. The highest BCUT2D eigenvalue weighted by molar-refractivity contribution is 5.97. The molecule has 80 valence electrons. The van der Waals surface area contributed by atoms with Crippen molar-refractivity contribution in [2.45, 2.75) is 33.1 Å². The molecular formula is C13H17NO. The van der Waals surface area contributed by atoms with Crippen LogP contribution in [0.15, 0.2) is 30.6 Å². The third-order valence-electron chi connectivity index (χ3n) is 2.36. The van der Waals surface area contributed by atoms with Crippen molar-refractivity contribution in [1.82, 2.24) is 4.98 Å². The van der Waals surface area contributed by atoms with Crippen molar-refractivity contribution in [3.05, 3.63) is 41.7 Å². The Labute approximate surface area is 91.0 Å². The minimum atomic E-state index is 0.192. The molecule has 0 aliphatic rings. The minimum Gasteiger partial charge on any atom is -0.294 e. The van der Waals surface area contributed by atoms with Crippen molar-refractivity contribution >= 4 is 5.78 Å². The first-order valence-electron chi connectivity index (χ1n) is 5.25. The van der Waals surface area contributed by atoms with Gasteiger partial charge >= 0.3 is 0 Å². The number of allylic oxidation sites excluding steroid dienone is 1. The molecule has 0 aliphatic heterocycles. The van der Waals surface area contributed by atoms with Crippen LogP contribution in [0.2, 0.25) is 0 Å². The van der Waals surface area contributed by atoms with Gasteiger partial charge < -0.3 is 0 Å². The fourth-order valence-corrected chi connectivity index (χ4v) is 1.44. The van der Waals surface area contributed by atoms with Gasteiger partial charge in [0.05, 0.1) is 0 Å². The molecule has 0 amide bonds. The Balaban J connectivity index is 2.77. The molecule has 1 aromatic heterocycles. The van der Waals surface area contributed by atoms with E-state index >= 15 is 0 Å². The zero-order chi connectivity index (χ0) is 11.3. The number of carbonyl (C=O) groups excluding carboxylic acids is 1. The molecule has 0 spiro atoms. The maximum atomic E-state index is 11.9. The van der Waals surface area contributed by atoms with Crippen LogP contribution in [0.4, 0.5) is 0 Å². The van der Waals surface area contributed by atoms with Gasteiger partial charge in [0.2, 0.25) is 0 Å². The number of nitrogens with zero attached hydrogens (tertiary/aromatic N) is 1. The Morgan fingerprint density at radius 1 is 1.47 bits per heavy atom. The second-order valence-electron chi connectivity index (χ2n) is 3.77. The zero-order valence-corrected chi connectivity index (χ0v) is 9.42. The van der Waals surface area contributed by atoms with Gasteiger partial charge in [-0.15, -0.1) is 6.58 Å². The lowest BCUT2D eigenvalue weighted by Crippen LogP contribution is -2.03. The summed E-state index contributed by atoms with van der Waals surface area (Å²) in [5.74, 6) is 0.192. The van der Waals surface area contributed by atoms with Gasteiger partial charge in [-0.3, -0.25) is 9.78 Å². The van der Waals surface area contributed by atoms with Crippen LogP contribution >= 0.6 is 0 Å². The third kappa shape index (κ3) is 3.31. The van der Waals surface area contributed by atoms with Crippen LogP contribution in [-0.4, -0.2) is 10.8 Å². The first-order chi connectivity index (χ1) is 7.15. The molecule has 0 saturated carbocycles. The van der Waals surface area contributed by atoms with Crippen molar-refractivity contribution in [2.24, 2.45) is 0 Å². The maximum absolute atomic E-state index is 11.9. The molecule has 1 aromatic rings. The lowest BCUT2D eigenvalue weighted by Gasteiger charge is -2.05. The van der Waals surface area contributed by atoms with Crippen LogP contribution in [0.3, 0.4) is 0 Å².